The van der Waals surface area contributed by atoms with Crippen LogP contribution in [0.1, 0.15) is 17.2 Å². The molecule has 106 valence electrons. The van der Waals surface area contributed by atoms with E-state index in [1.54, 1.807) is 12.1 Å². The van der Waals surface area contributed by atoms with Crippen LogP contribution in [0.3, 0.4) is 0 Å². The van der Waals surface area contributed by atoms with E-state index in [0.717, 1.165) is 21.3 Å². The molecule has 2 aromatic carbocycles. The summed E-state index contributed by atoms with van der Waals surface area (Å²) in [6, 6.07) is 11.4. The molecule has 0 aliphatic heterocycles. The van der Waals surface area contributed by atoms with Crippen molar-refractivity contribution in [3.05, 3.63) is 62.0 Å². The number of benzene rings is 2. The highest BCUT2D eigenvalue weighted by atomic mass is 79.9. The third-order valence-corrected chi connectivity index (χ3v) is 3.99. The standard InChI is InChI=1S/C15H15BrCl2N2/c1-9-4-10(16)6-12(5-9)20-15(8-19)13-7-11(17)2-3-14(13)18/h2-7,15,20H,8,19H2,1H3. The zero-order valence-electron chi connectivity index (χ0n) is 11.0. The van der Waals surface area contributed by atoms with Crippen molar-refractivity contribution in [2.45, 2.75) is 13.0 Å². The molecular formula is C15H15BrCl2N2. The Balaban J connectivity index is 2.31. The van der Waals surface area contributed by atoms with Crippen LogP contribution in [0.5, 0.6) is 0 Å². The largest absolute Gasteiger partial charge is 0.377 e. The zero-order valence-corrected chi connectivity index (χ0v) is 14.1. The summed E-state index contributed by atoms with van der Waals surface area (Å²) in [4.78, 5) is 0. The summed E-state index contributed by atoms with van der Waals surface area (Å²) in [5.41, 5.74) is 8.93. The van der Waals surface area contributed by atoms with Gasteiger partial charge in [-0.3, -0.25) is 0 Å². The lowest BCUT2D eigenvalue weighted by atomic mass is 10.1. The third-order valence-electron chi connectivity index (χ3n) is 2.95. The smallest absolute Gasteiger partial charge is 0.0651 e. The summed E-state index contributed by atoms with van der Waals surface area (Å²) in [5.74, 6) is 0. The summed E-state index contributed by atoms with van der Waals surface area (Å²) in [6.45, 7) is 2.46. The van der Waals surface area contributed by atoms with Crippen molar-refractivity contribution in [1.82, 2.24) is 0 Å². The SMILES string of the molecule is Cc1cc(Br)cc(NC(CN)c2cc(Cl)ccc2Cl)c1. The Morgan fingerprint density at radius 1 is 1.20 bits per heavy atom. The van der Waals surface area contributed by atoms with Gasteiger partial charge in [0.15, 0.2) is 0 Å². The van der Waals surface area contributed by atoms with Gasteiger partial charge in [0, 0.05) is 26.8 Å². The fraction of sp³-hybridized carbons (Fsp3) is 0.200. The first kappa shape index (κ1) is 15.6. The molecular weight excluding hydrogens is 359 g/mol. The summed E-state index contributed by atoms with van der Waals surface area (Å²) in [6.07, 6.45) is 0. The summed E-state index contributed by atoms with van der Waals surface area (Å²) < 4.78 is 1.02. The van der Waals surface area contributed by atoms with E-state index in [9.17, 15) is 0 Å². The van der Waals surface area contributed by atoms with Crippen LogP contribution in [0, 0.1) is 6.92 Å². The van der Waals surface area contributed by atoms with Crippen molar-refractivity contribution >= 4 is 44.8 Å². The van der Waals surface area contributed by atoms with Gasteiger partial charge in [-0.15, -0.1) is 0 Å². The summed E-state index contributed by atoms with van der Waals surface area (Å²) in [5, 5.41) is 4.70. The first-order valence-electron chi connectivity index (χ1n) is 6.18. The molecule has 3 N–H and O–H groups in total. The number of anilines is 1. The molecule has 5 heteroatoms. The van der Waals surface area contributed by atoms with Crippen LogP contribution in [0.25, 0.3) is 0 Å². The number of hydrogen-bond acceptors (Lipinski definition) is 2. The van der Waals surface area contributed by atoms with Gasteiger partial charge in [0.05, 0.1) is 6.04 Å². The molecule has 0 aliphatic carbocycles. The van der Waals surface area contributed by atoms with E-state index >= 15 is 0 Å². The van der Waals surface area contributed by atoms with Crippen LogP contribution >= 0.6 is 39.1 Å². The molecule has 0 aliphatic rings. The van der Waals surface area contributed by atoms with Crippen molar-refractivity contribution in [3.8, 4) is 0 Å². The molecule has 0 fully saturated rings. The van der Waals surface area contributed by atoms with Gasteiger partial charge in [-0.1, -0.05) is 39.1 Å². The van der Waals surface area contributed by atoms with Crippen LogP contribution < -0.4 is 11.1 Å². The lowest BCUT2D eigenvalue weighted by molar-refractivity contribution is 0.790. The quantitative estimate of drug-likeness (QED) is 0.775. The third kappa shape index (κ3) is 3.89. The maximum absolute atomic E-state index is 6.24. The van der Waals surface area contributed by atoms with Gasteiger partial charge in [0.2, 0.25) is 0 Å². The number of rotatable bonds is 4. The van der Waals surface area contributed by atoms with Gasteiger partial charge in [-0.05, 0) is 54.4 Å². The van der Waals surface area contributed by atoms with Crippen LogP contribution in [-0.2, 0) is 0 Å². The Bertz CT molecular complexity index is 597. The summed E-state index contributed by atoms with van der Waals surface area (Å²) in [7, 11) is 0. The van der Waals surface area contributed by atoms with Crippen molar-refractivity contribution in [1.29, 1.82) is 0 Å². The van der Waals surface area contributed by atoms with Gasteiger partial charge in [0.25, 0.3) is 0 Å². The van der Waals surface area contributed by atoms with Crippen LogP contribution in [-0.4, -0.2) is 6.54 Å². The average molecular weight is 374 g/mol. The van der Waals surface area contributed by atoms with Crippen molar-refractivity contribution in [3.63, 3.8) is 0 Å². The molecule has 0 spiro atoms. The second-order valence-electron chi connectivity index (χ2n) is 4.62. The van der Waals surface area contributed by atoms with Crippen molar-refractivity contribution in [2.75, 3.05) is 11.9 Å². The molecule has 0 amide bonds. The Labute approximate surface area is 137 Å². The minimum absolute atomic E-state index is 0.0881. The molecule has 0 bridgehead atoms. The minimum Gasteiger partial charge on any atom is -0.377 e. The lowest BCUT2D eigenvalue weighted by Crippen LogP contribution is -2.21. The molecule has 2 rings (SSSR count). The maximum Gasteiger partial charge on any atom is 0.0651 e. The number of hydrogen-bond donors (Lipinski definition) is 2. The van der Waals surface area contributed by atoms with E-state index < -0.39 is 0 Å². The molecule has 0 saturated heterocycles. The molecule has 2 aromatic rings. The van der Waals surface area contributed by atoms with Crippen LogP contribution in [0.4, 0.5) is 5.69 Å². The highest BCUT2D eigenvalue weighted by Gasteiger charge is 2.14. The minimum atomic E-state index is -0.0881. The molecule has 0 aromatic heterocycles. The molecule has 0 saturated carbocycles. The second-order valence-corrected chi connectivity index (χ2v) is 6.38. The van der Waals surface area contributed by atoms with E-state index in [4.69, 9.17) is 28.9 Å². The van der Waals surface area contributed by atoms with Crippen molar-refractivity contribution in [2.24, 2.45) is 5.73 Å². The zero-order chi connectivity index (χ0) is 14.7. The molecule has 0 heterocycles. The first-order chi connectivity index (χ1) is 9.49. The highest BCUT2D eigenvalue weighted by molar-refractivity contribution is 9.10. The van der Waals surface area contributed by atoms with Crippen molar-refractivity contribution < 1.29 is 0 Å². The summed E-state index contributed by atoms with van der Waals surface area (Å²) >= 11 is 15.8. The molecule has 20 heavy (non-hydrogen) atoms. The van der Waals surface area contributed by atoms with Crippen LogP contribution in [0.15, 0.2) is 40.9 Å². The van der Waals surface area contributed by atoms with Gasteiger partial charge in [-0.2, -0.15) is 0 Å². The Morgan fingerprint density at radius 3 is 2.60 bits per heavy atom. The first-order valence-corrected chi connectivity index (χ1v) is 7.73. The number of nitrogens with two attached hydrogens (primary N) is 1. The Hall–Kier alpha value is -0.740. The normalized spacial score (nSPS) is 12.2. The van der Waals surface area contributed by atoms with E-state index in [1.807, 2.05) is 19.1 Å². The van der Waals surface area contributed by atoms with E-state index in [0.29, 0.717) is 16.6 Å². The topological polar surface area (TPSA) is 38.0 Å². The van der Waals surface area contributed by atoms with Crippen LogP contribution in [0.2, 0.25) is 10.0 Å². The number of aryl methyl sites for hydroxylation is 1. The second kappa shape index (κ2) is 6.81. The molecule has 1 unspecified atom stereocenters. The number of halogens is 3. The monoisotopic (exact) mass is 372 g/mol. The van der Waals surface area contributed by atoms with E-state index in [1.165, 1.54) is 0 Å². The maximum atomic E-state index is 6.24. The Morgan fingerprint density at radius 2 is 1.95 bits per heavy atom. The molecule has 0 radical (unpaired) electrons. The number of nitrogens with one attached hydrogen (secondary N) is 1. The fourth-order valence-electron chi connectivity index (χ4n) is 2.07. The lowest BCUT2D eigenvalue weighted by Gasteiger charge is -2.20. The molecule has 2 nitrogen and oxygen atoms in total. The van der Waals surface area contributed by atoms with Gasteiger partial charge in [0.1, 0.15) is 0 Å². The fourth-order valence-corrected chi connectivity index (χ4v) is 3.10. The van der Waals surface area contributed by atoms with Gasteiger partial charge >= 0.3 is 0 Å². The Kier molecular flexibility index (Phi) is 5.33. The predicted molar refractivity (Wildman–Crippen MR) is 90.8 cm³/mol. The van der Waals surface area contributed by atoms with E-state index in [-0.39, 0.29) is 6.04 Å². The average Bonchev–Trinajstić information content (AvgIpc) is 2.38. The predicted octanol–water partition coefficient (Wildman–Crippen LogP) is 5.18. The van der Waals surface area contributed by atoms with Gasteiger partial charge < -0.3 is 11.1 Å². The van der Waals surface area contributed by atoms with Gasteiger partial charge in [-0.25, -0.2) is 0 Å². The highest BCUT2D eigenvalue weighted by Crippen LogP contribution is 2.29. The van der Waals surface area contributed by atoms with E-state index in [2.05, 4.69) is 33.4 Å². The molecule has 1 atom stereocenters.